The van der Waals surface area contributed by atoms with Gasteiger partial charge in [0.2, 0.25) is 0 Å². The number of allylic oxidation sites excluding steroid dienone is 1. The lowest BCUT2D eigenvalue weighted by molar-refractivity contribution is 0.660. The van der Waals surface area contributed by atoms with Crippen molar-refractivity contribution < 1.29 is 0 Å². The van der Waals surface area contributed by atoms with E-state index in [-0.39, 0.29) is 5.41 Å². The van der Waals surface area contributed by atoms with Gasteiger partial charge in [0.25, 0.3) is 0 Å². The van der Waals surface area contributed by atoms with E-state index in [1.165, 1.54) is 38.9 Å². The van der Waals surface area contributed by atoms with E-state index in [0.717, 1.165) is 6.42 Å². The van der Waals surface area contributed by atoms with Crippen molar-refractivity contribution in [3.05, 3.63) is 96.1 Å². The highest BCUT2D eigenvalue weighted by molar-refractivity contribution is 5.83. The third-order valence-electron chi connectivity index (χ3n) is 5.22. The van der Waals surface area contributed by atoms with E-state index in [4.69, 9.17) is 0 Å². The summed E-state index contributed by atoms with van der Waals surface area (Å²) in [6, 6.07) is 24.5. The minimum absolute atomic E-state index is 0.0562. The molecule has 118 valence electrons. The Hall–Kier alpha value is -2.60. The SMILES string of the molecule is C=CCc1cccc(-c2ccc3c(c2)C(C)(C)c2ccccc2-3)c1. The van der Waals surface area contributed by atoms with Crippen LogP contribution in [0.25, 0.3) is 22.3 Å². The van der Waals surface area contributed by atoms with E-state index in [9.17, 15) is 0 Å². The number of hydrogen-bond donors (Lipinski definition) is 0. The fraction of sp³-hybridized carbons (Fsp3) is 0.167. The van der Waals surface area contributed by atoms with Crippen LogP contribution in [0.15, 0.2) is 79.4 Å². The lowest BCUT2D eigenvalue weighted by Crippen LogP contribution is -2.14. The van der Waals surface area contributed by atoms with Gasteiger partial charge >= 0.3 is 0 Å². The summed E-state index contributed by atoms with van der Waals surface area (Å²) in [5.74, 6) is 0. The summed E-state index contributed by atoms with van der Waals surface area (Å²) >= 11 is 0. The van der Waals surface area contributed by atoms with Gasteiger partial charge in [0, 0.05) is 5.41 Å². The van der Waals surface area contributed by atoms with E-state index in [0.29, 0.717) is 0 Å². The third-order valence-corrected chi connectivity index (χ3v) is 5.22. The lowest BCUT2D eigenvalue weighted by atomic mass is 9.81. The highest BCUT2D eigenvalue weighted by atomic mass is 14.4. The Bertz CT molecular complexity index is 928. The first kappa shape index (κ1) is 15.0. The van der Waals surface area contributed by atoms with Crippen LogP contribution in [0.2, 0.25) is 0 Å². The van der Waals surface area contributed by atoms with Crippen molar-refractivity contribution in [1.29, 1.82) is 0 Å². The van der Waals surface area contributed by atoms with Gasteiger partial charge in [-0.25, -0.2) is 0 Å². The van der Waals surface area contributed by atoms with Crippen molar-refractivity contribution >= 4 is 0 Å². The molecule has 0 bridgehead atoms. The first-order valence-electron chi connectivity index (χ1n) is 8.56. The second-order valence-corrected chi connectivity index (χ2v) is 7.12. The van der Waals surface area contributed by atoms with Crippen LogP contribution in [0.5, 0.6) is 0 Å². The minimum atomic E-state index is 0.0562. The lowest BCUT2D eigenvalue weighted by Gasteiger charge is -2.22. The molecule has 0 N–H and O–H groups in total. The second-order valence-electron chi connectivity index (χ2n) is 7.12. The molecule has 0 amide bonds. The molecule has 0 heterocycles. The molecule has 0 saturated carbocycles. The Morgan fingerprint density at radius 2 is 1.54 bits per heavy atom. The number of rotatable bonds is 3. The van der Waals surface area contributed by atoms with Crippen LogP contribution in [0, 0.1) is 0 Å². The topological polar surface area (TPSA) is 0 Å². The van der Waals surface area contributed by atoms with Crippen LogP contribution in [0.3, 0.4) is 0 Å². The van der Waals surface area contributed by atoms with Crippen molar-refractivity contribution in [3.8, 4) is 22.3 Å². The van der Waals surface area contributed by atoms with Crippen LogP contribution in [0.1, 0.15) is 30.5 Å². The number of benzene rings is 3. The average Bonchev–Trinajstić information content (AvgIpc) is 2.84. The first-order valence-corrected chi connectivity index (χ1v) is 8.56. The fourth-order valence-electron chi connectivity index (χ4n) is 3.93. The Kier molecular flexibility index (Phi) is 3.42. The molecule has 0 saturated heterocycles. The molecule has 3 aromatic rings. The Morgan fingerprint density at radius 3 is 2.38 bits per heavy atom. The zero-order chi connectivity index (χ0) is 16.7. The molecule has 0 unspecified atom stereocenters. The van der Waals surface area contributed by atoms with E-state index in [1.54, 1.807) is 0 Å². The predicted molar refractivity (Wildman–Crippen MR) is 103 cm³/mol. The standard InChI is InChI=1S/C24H22/c1-4-8-17-9-7-10-18(15-17)19-13-14-21-20-11-5-6-12-22(20)24(2,3)23(21)16-19/h4-7,9-16H,1,8H2,2-3H3. The summed E-state index contributed by atoms with van der Waals surface area (Å²) in [5.41, 5.74) is 9.55. The molecule has 1 aliphatic rings. The summed E-state index contributed by atoms with van der Waals surface area (Å²) in [5, 5.41) is 0. The maximum atomic E-state index is 3.85. The molecule has 24 heavy (non-hydrogen) atoms. The Balaban J connectivity index is 1.85. The van der Waals surface area contributed by atoms with Crippen molar-refractivity contribution in [1.82, 2.24) is 0 Å². The van der Waals surface area contributed by atoms with Gasteiger partial charge in [-0.2, -0.15) is 0 Å². The van der Waals surface area contributed by atoms with Crippen molar-refractivity contribution in [2.75, 3.05) is 0 Å². The Labute approximate surface area is 144 Å². The van der Waals surface area contributed by atoms with Gasteiger partial charge in [0.05, 0.1) is 0 Å². The van der Waals surface area contributed by atoms with Gasteiger partial charge in [-0.05, 0) is 51.4 Å². The van der Waals surface area contributed by atoms with Crippen LogP contribution in [-0.2, 0) is 11.8 Å². The highest BCUT2D eigenvalue weighted by Crippen LogP contribution is 2.49. The van der Waals surface area contributed by atoms with Gasteiger partial charge < -0.3 is 0 Å². The molecule has 0 heteroatoms. The molecule has 0 nitrogen and oxygen atoms in total. The van der Waals surface area contributed by atoms with Crippen LogP contribution in [0.4, 0.5) is 0 Å². The van der Waals surface area contributed by atoms with Gasteiger partial charge in [0.1, 0.15) is 0 Å². The molecule has 0 aliphatic heterocycles. The summed E-state index contributed by atoms with van der Waals surface area (Å²) in [4.78, 5) is 0. The monoisotopic (exact) mass is 310 g/mol. The minimum Gasteiger partial charge on any atom is -0.103 e. The molecule has 1 aliphatic carbocycles. The summed E-state index contributed by atoms with van der Waals surface area (Å²) in [7, 11) is 0. The van der Waals surface area contributed by atoms with Gasteiger partial charge in [0.15, 0.2) is 0 Å². The quantitative estimate of drug-likeness (QED) is 0.492. The van der Waals surface area contributed by atoms with Gasteiger partial charge in [-0.1, -0.05) is 80.6 Å². The summed E-state index contributed by atoms with van der Waals surface area (Å²) in [6.07, 6.45) is 2.87. The molecule has 0 aromatic heterocycles. The maximum absolute atomic E-state index is 3.85. The first-order chi connectivity index (χ1) is 11.6. The highest BCUT2D eigenvalue weighted by Gasteiger charge is 2.35. The molecule has 0 atom stereocenters. The average molecular weight is 310 g/mol. The molecule has 0 spiro atoms. The van der Waals surface area contributed by atoms with Crippen molar-refractivity contribution in [2.24, 2.45) is 0 Å². The zero-order valence-electron chi connectivity index (χ0n) is 14.3. The van der Waals surface area contributed by atoms with Crippen LogP contribution in [-0.4, -0.2) is 0 Å². The normalized spacial score (nSPS) is 14.1. The molecule has 0 fully saturated rings. The molecule has 3 aromatic carbocycles. The zero-order valence-corrected chi connectivity index (χ0v) is 14.3. The fourth-order valence-corrected chi connectivity index (χ4v) is 3.93. The molecular formula is C24H22. The number of hydrogen-bond acceptors (Lipinski definition) is 0. The van der Waals surface area contributed by atoms with E-state index < -0.39 is 0 Å². The van der Waals surface area contributed by atoms with E-state index in [1.807, 2.05) is 6.08 Å². The third kappa shape index (κ3) is 2.22. The van der Waals surface area contributed by atoms with Gasteiger partial charge in [-0.15, -0.1) is 6.58 Å². The predicted octanol–water partition coefficient (Wildman–Crippen LogP) is 6.39. The summed E-state index contributed by atoms with van der Waals surface area (Å²) < 4.78 is 0. The molecule has 0 radical (unpaired) electrons. The smallest absolute Gasteiger partial charge is 0.0159 e. The second kappa shape index (κ2) is 5.49. The van der Waals surface area contributed by atoms with Gasteiger partial charge in [-0.3, -0.25) is 0 Å². The van der Waals surface area contributed by atoms with E-state index >= 15 is 0 Å². The van der Waals surface area contributed by atoms with Crippen molar-refractivity contribution in [2.45, 2.75) is 25.7 Å². The van der Waals surface area contributed by atoms with Crippen LogP contribution >= 0.6 is 0 Å². The molecule has 4 rings (SSSR count). The number of fused-ring (bicyclic) bond motifs is 3. The maximum Gasteiger partial charge on any atom is 0.0159 e. The van der Waals surface area contributed by atoms with Crippen molar-refractivity contribution in [3.63, 3.8) is 0 Å². The van der Waals surface area contributed by atoms with E-state index in [2.05, 4.69) is 87.2 Å². The van der Waals surface area contributed by atoms with Crippen LogP contribution < -0.4 is 0 Å². The summed E-state index contributed by atoms with van der Waals surface area (Å²) in [6.45, 7) is 8.51. The molecular weight excluding hydrogens is 288 g/mol. The largest absolute Gasteiger partial charge is 0.103 e. The Morgan fingerprint density at radius 1 is 0.792 bits per heavy atom.